The number of amides is 3. The van der Waals surface area contributed by atoms with E-state index in [0.29, 0.717) is 0 Å². The number of carbonyl (C=O) groups excluding carboxylic acids is 3. The van der Waals surface area contributed by atoms with Crippen LogP contribution in [0.1, 0.15) is 12.0 Å². The lowest BCUT2D eigenvalue weighted by molar-refractivity contribution is -0.149. The Balaban J connectivity index is 1.35. The van der Waals surface area contributed by atoms with E-state index in [1.54, 1.807) is 0 Å². The smallest absolute Gasteiger partial charge is 0.252 e. The molecule has 1 N–H and O–H groups in total. The van der Waals surface area contributed by atoms with Gasteiger partial charge in [0.2, 0.25) is 5.91 Å². The number of hydrogen-bond donors (Lipinski definition) is 1. The van der Waals surface area contributed by atoms with Crippen molar-refractivity contribution in [1.82, 2.24) is 10.4 Å². The van der Waals surface area contributed by atoms with Crippen molar-refractivity contribution < 1.29 is 14.4 Å². The van der Waals surface area contributed by atoms with E-state index in [1.165, 1.54) is 0 Å². The van der Waals surface area contributed by atoms with Gasteiger partial charge in [0.25, 0.3) is 11.8 Å². The number of carbonyl (C=O) groups is 3. The van der Waals surface area contributed by atoms with Crippen molar-refractivity contribution in [3.63, 3.8) is 0 Å². The highest BCUT2D eigenvalue weighted by Crippen LogP contribution is 2.52. The van der Waals surface area contributed by atoms with Crippen LogP contribution >= 0.6 is 0 Å². The van der Waals surface area contributed by atoms with Crippen molar-refractivity contribution >= 4 is 28.5 Å². The predicted molar refractivity (Wildman–Crippen MR) is 95.4 cm³/mol. The Kier molecular flexibility index (Phi) is 3.26. The predicted octanol–water partition coefficient (Wildman–Crippen LogP) is 2.22. The molecule has 0 aromatic heterocycles. The van der Waals surface area contributed by atoms with Crippen LogP contribution in [0.2, 0.25) is 0 Å². The van der Waals surface area contributed by atoms with Gasteiger partial charge in [0.1, 0.15) is 0 Å². The van der Waals surface area contributed by atoms with Crippen LogP contribution in [0.5, 0.6) is 0 Å². The Labute approximate surface area is 150 Å². The molecule has 130 valence electrons. The van der Waals surface area contributed by atoms with Crippen LogP contribution in [0, 0.1) is 23.7 Å². The molecule has 2 aromatic carbocycles. The quantitative estimate of drug-likeness (QED) is 0.684. The molecule has 1 saturated carbocycles. The minimum Gasteiger partial charge on any atom is -0.273 e. The summed E-state index contributed by atoms with van der Waals surface area (Å²) in [5.74, 6) is -1.18. The zero-order chi connectivity index (χ0) is 17.8. The molecule has 2 fully saturated rings. The van der Waals surface area contributed by atoms with E-state index in [9.17, 15) is 14.4 Å². The molecule has 3 amide bonds. The minimum atomic E-state index is -0.344. The number of nitrogens with zero attached hydrogens (tertiary/aromatic N) is 1. The summed E-state index contributed by atoms with van der Waals surface area (Å²) in [5, 5.41) is 3.03. The van der Waals surface area contributed by atoms with E-state index in [-0.39, 0.29) is 47.8 Å². The Hall–Kier alpha value is -2.95. The van der Waals surface area contributed by atoms with E-state index >= 15 is 0 Å². The molecule has 1 aliphatic heterocycles. The van der Waals surface area contributed by atoms with Gasteiger partial charge in [0.05, 0.1) is 18.3 Å². The van der Waals surface area contributed by atoms with E-state index in [2.05, 4.69) is 5.43 Å². The Morgan fingerprint density at radius 1 is 0.962 bits per heavy atom. The van der Waals surface area contributed by atoms with Gasteiger partial charge in [-0.05, 0) is 34.6 Å². The van der Waals surface area contributed by atoms with Crippen LogP contribution in [-0.2, 0) is 20.8 Å². The summed E-state index contributed by atoms with van der Waals surface area (Å²) >= 11 is 0. The van der Waals surface area contributed by atoms with Crippen molar-refractivity contribution in [3.05, 3.63) is 60.2 Å². The van der Waals surface area contributed by atoms with Crippen LogP contribution in [0.3, 0.4) is 0 Å². The van der Waals surface area contributed by atoms with Gasteiger partial charge in [-0.1, -0.05) is 54.6 Å². The number of hydrazine groups is 1. The second kappa shape index (κ2) is 5.53. The Morgan fingerprint density at radius 2 is 1.62 bits per heavy atom. The first kappa shape index (κ1) is 15.3. The van der Waals surface area contributed by atoms with Crippen molar-refractivity contribution in [2.75, 3.05) is 0 Å². The summed E-state index contributed by atoms with van der Waals surface area (Å²) in [6, 6.07) is 13.6. The number of rotatable bonds is 3. The van der Waals surface area contributed by atoms with Crippen LogP contribution < -0.4 is 5.43 Å². The maximum Gasteiger partial charge on any atom is 0.252 e. The van der Waals surface area contributed by atoms with Crippen LogP contribution in [0.15, 0.2) is 54.6 Å². The number of fused-ring (bicyclic) bond motifs is 6. The molecule has 2 aliphatic carbocycles. The standard InChI is InChI=1S/C21H18N2O3/c24-17(11-13-6-3-5-12-4-1-2-7-16(12)13)22-23-20(25)18-14-8-9-15(10-14)19(18)21(23)26/h1-9,14-15,18-19H,10-11H2,(H,22,24)/t14-,15-,18-,19-/m0/s1. The second-order valence-corrected chi connectivity index (χ2v) is 7.36. The van der Waals surface area contributed by atoms with Gasteiger partial charge >= 0.3 is 0 Å². The molecule has 26 heavy (non-hydrogen) atoms. The van der Waals surface area contributed by atoms with Crippen LogP contribution in [0.25, 0.3) is 10.8 Å². The number of imide groups is 1. The largest absolute Gasteiger partial charge is 0.273 e. The summed E-state index contributed by atoms with van der Waals surface area (Å²) in [7, 11) is 0. The molecule has 2 aromatic rings. The molecular formula is C21H18N2O3. The SMILES string of the molecule is O=C(Cc1cccc2ccccc12)NN1C(=O)[C@@H]2[C@@H](C1=O)[C@H]1C=C[C@H]2C1. The summed E-state index contributed by atoms with van der Waals surface area (Å²) < 4.78 is 0. The third-order valence-electron chi connectivity index (χ3n) is 5.94. The monoisotopic (exact) mass is 346 g/mol. The summed E-state index contributed by atoms with van der Waals surface area (Å²) in [5.41, 5.74) is 3.43. The first-order chi connectivity index (χ1) is 12.6. The van der Waals surface area contributed by atoms with Gasteiger partial charge in [-0.15, -0.1) is 0 Å². The highest BCUT2D eigenvalue weighted by atomic mass is 16.2. The first-order valence-corrected chi connectivity index (χ1v) is 8.96. The van der Waals surface area contributed by atoms with Gasteiger partial charge < -0.3 is 0 Å². The van der Waals surface area contributed by atoms with Crippen LogP contribution in [0.4, 0.5) is 0 Å². The zero-order valence-corrected chi connectivity index (χ0v) is 14.1. The molecule has 5 rings (SSSR count). The number of allylic oxidation sites excluding steroid dienone is 2. The lowest BCUT2D eigenvalue weighted by Crippen LogP contribution is -2.47. The first-order valence-electron chi connectivity index (χ1n) is 8.96. The second-order valence-electron chi connectivity index (χ2n) is 7.36. The third kappa shape index (κ3) is 2.13. The van der Waals surface area contributed by atoms with Crippen molar-refractivity contribution in [3.8, 4) is 0 Å². The molecule has 3 aliphatic rings. The number of hydrogen-bond acceptors (Lipinski definition) is 3. The van der Waals surface area contributed by atoms with Gasteiger partial charge in [-0.2, -0.15) is 5.01 Å². The summed E-state index contributed by atoms with van der Waals surface area (Å²) in [4.78, 5) is 37.8. The van der Waals surface area contributed by atoms with Crippen molar-refractivity contribution in [1.29, 1.82) is 0 Å². The lowest BCUT2D eigenvalue weighted by atomic mass is 9.85. The maximum absolute atomic E-state index is 12.6. The molecule has 5 nitrogen and oxygen atoms in total. The molecule has 5 heteroatoms. The Morgan fingerprint density at radius 3 is 2.35 bits per heavy atom. The molecule has 0 unspecified atom stereocenters. The third-order valence-corrected chi connectivity index (χ3v) is 5.94. The Bertz CT molecular complexity index is 945. The summed E-state index contributed by atoms with van der Waals surface area (Å²) in [6.45, 7) is 0. The zero-order valence-electron chi connectivity index (χ0n) is 14.1. The molecule has 4 atom stereocenters. The van der Waals surface area contributed by atoms with Crippen molar-refractivity contribution in [2.45, 2.75) is 12.8 Å². The lowest BCUT2D eigenvalue weighted by Gasteiger charge is -2.18. The highest BCUT2D eigenvalue weighted by molar-refractivity contribution is 6.07. The number of benzene rings is 2. The van der Waals surface area contributed by atoms with Gasteiger partial charge in [-0.3, -0.25) is 19.8 Å². The van der Waals surface area contributed by atoms with Crippen LogP contribution in [-0.4, -0.2) is 22.7 Å². The van der Waals surface area contributed by atoms with E-state index in [4.69, 9.17) is 0 Å². The average molecular weight is 346 g/mol. The molecule has 1 heterocycles. The fraction of sp³-hybridized carbons (Fsp3) is 0.286. The summed E-state index contributed by atoms with van der Waals surface area (Å²) in [6.07, 6.45) is 5.08. The molecule has 1 saturated heterocycles. The molecular weight excluding hydrogens is 328 g/mol. The topological polar surface area (TPSA) is 66.5 Å². The van der Waals surface area contributed by atoms with E-state index in [1.807, 2.05) is 54.6 Å². The number of nitrogens with one attached hydrogen (secondary N) is 1. The van der Waals surface area contributed by atoms with E-state index < -0.39 is 0 Å². The van der Waals surface area contributed by atoms with E-state index in [0.717, 1.165) is 27.8 Å². The average Bonchev–Trinajstić information content (AvgIpc) is 3.32. The highest BCUT2D eigenvalue weighted by Gasteiger charge is 2.59. The van der Waals surface area contributed by atoms with Gasteiger partial charge in [0, 0.05) is 0 Å². The van der Waals surface area contributed by atoms with Crippen molar-refractivity contribution in [2.24, 2.45) is 23.7 Å². The molecule has 2 bridgehead atoms. The van der Waals surface area contributed by atoms with Gasteiger partial charge in [0.15, 0.2) is 0 Å². The fourth-order valence-corrected chi connectivity index (χ4v) is 4.80. The minimum absolute atomic E-state index is 0.124. The maximum atomic E-state index is 12.6. The fourth-order valence-electron chi connectivity index (χ4n) is 4.80. The molecule has 0 spiro atoms. The molecule has 0 radical (unpaired) electrons. The normalized spacial score (nSPS) is 28.8. The van der Waals surface area contributed by atoms with Gasteiger partial charge in [-0.25, -0.2) is 0 Å².